The van der Waals surface area contributed by atoms with Crippen molar-refractivity contribution in [2.45, 2.75) is 45.2 Å². The lowest BCUT2D eigenvalue weighted by molar-refractivity contribution is -0.121. The average molecular weight is 381 g/mol. The summed E-state index contributed by atoms with van der Waals surface area (Å²) in [5.41, 5.74) is 4.16. The summed E-state index contributed by atoms with van der Waals surface area (Å²) in [6.45, 7) is 6.28. The molecule has 1 heterocycles. The van der Waals surface area contributed by atoms with Crippen LogP contribution in [0, 0.1) is 0 Å². The third-order valence-corrected chi connectivity index (χ3v) is 5.45. The summed E-state index contributed by atoms with van der Waals surface area (Å²) in [6, 6.07) is 19.3. The molecule has 1 atom stereocenters. The van der Waals surface area contributed by atoms with E-state index in [-0.39, 0.29) is 5.91 Å². The van der Waals surface area contributed by atoms with Crippen molar-refractivity contribution in [1.82, 2.24) is 10.2 Å². The van der Waals surface area contributed by atoms with Crippen LogP contribution in [-0.2, 0) is 28.9 Å². The van der Waals surface area contributed by atoms with Crippen molar-refractivity contribution in [1.29, 1.82) is 0 Å². The number of carbonyl (C=O) groups is 1. The molecule has 1 aliphatic heterocycles. The van der Waals surface area contributed by atoms with Crippen molar-refractivity contribution in [3.8, 4) is 0 Å². The van der Waals surface area contributed by atoms with Gasteiger partial charge in [0.1, 0.15) is 0 Å². The highest BCUT2D eigenvalue weighted by molar-refractivity contribution is 5.75. The zero-order valence-corrected chi connectivity index (χ0v) is 16.9. The van der Waals surface area contributed by atoms with Crippen molar-refractivity contribution in [2.75, 3.05) is 26.3 Å². The van der Waals surface area contributed by atoms with Crippen LogP contribution in [0.1, 0.15) is 36.5 Å². The van der Waals surface area contributed by atoms with Gasteiger partial charge in [-0.3, -0.25) is 9.69 Å². The van der Waals surface area contributed by atoms with Crippen LogP contribution in [0.3, 0.4) is 0 Å². The van der Waals surface area contributed by atoms with E-state index in [4.69, 9.17) is 4.74 Å². The summed E-state index contributed by atoms with van der Waals surface area (Å²) in [7, 11) is 0. The molecular formula is C24H32N2O2. The summed E-state index contributed by atoms with van der Waals surface area (Å²) < 4.78 is 5.65. The number of nitrogens with one attached hydrogen (secondary N) is 1. The van der Waals surface area contributed by atoms with E-state index in [1.54, 1.807) is 0 Å². The lowest BCUT2D eigenvalue weighted by Gasteiger charge is -2.33. The van der Waals surface area contributed by atoms with Gasteiger partial charge in [-0.25, -0.2) is 0 Å². The fourth-order valence-electron chi connectivity index (χ4n) is 3.64. The Kier molecular flexibility index (Phi) is 8.07. The molecule has 1 aliphatic rings. The number of hydrogen-bond donors (Lipinski definition) is 1. The van der Waals surface area contributed by atoms with Gasteiger partial charge in [0.05, 0.1) is 6.61 Å². The van der Waals surface area contributed by atoms with E-state index >= 15 is 0 Å². The summed E-state index contributed by atoms with van der Waals surface area (Å²) in [6.07, 6.45) is 3.31. The lowest BCUT2D eigenvalue weighted by atomic mass is 9.99. The van der Waals surface area contributed by atoms with Gasteiger partial charge in [-0.15, -0.1) is 0 Å². The Morgan fingerprint density at radius 2 is 1.82 bits per heavy atom. The van der Waals surface area contributed by atoms with Gasteiger partial charge >= 0.3 is 0 Å². The third-order valence-electron chi connectivity index (χ3n) is 5.45. The molecule has 0 bridgehead atoms. The second kappa shape index (κ2) is 11.0. The van der Waals surface area contributed by atoms with Crippen molar-refractivity contribution in [2.24, 2.45) is 0 Å². The fraction of sp³-hybridized carbons (Fsp3) is 0.458. The highest BCUT2D eigenvalue weighted by Gasteiger charge is 2.20. The molecule has 0 saturated heterocycles. The Balaban J connectivity index is 1.25. The van der Waals surface area contributed by atoms with Crippen LogP contribution in [0.15, 0.2) is 54.6 Å². The Morgan fingerprint density at radius 3 is 2.64 bits per heavy atom. The van der Waals surface area contributed by atoms with Crippen LogP contribution < -0.4 is 5.32 Å². The Morgan fingerprint density at radius 1 is 1.07 bits per heavy atom. The first-order valence-corrected chi connectivity index (χ1v) is 10.4. The Labute approximate surface area is 168 Å². The maximum Gasteiger partial charge on any atom is 0.220 e. The molecule has 0 saturated carbocycles. The number of benzene rings is 2. The van der Waals surface area contributed by atoms with Gasteiger partial charge in [-0.05, 0) is 42.9 Å². The first kappa shape index (κ1) is 20.6. The number of amides is 1. The van der Waals surface area contributed by atoms with Crippen molar-refractivity contribution in [3.63, 3.8) is 0 Å². The van der Waals surface area contributed by atoms with E-state index < -0.39 is 0 Å². The van der Waals surface area contributed by atoms with Crippen molar-refractivity contribution < 1.29 is 9.53 Å². The summed E-state index contributed by atoms with van der Waals surface area (Å²) in [5, 5.41) is 3.08. The molecular weight excluding hydrogens is 348 g/mol. The zero-order chi connectivity index (χ0) is 19.6. The molecule has 3 rings (SSSR count). The van der Waals surface area contributed by atoms with Gasteiger partial charge in [-0.2, -0.15) is 0 Å². The summed E-state index contributed by atoms with van der Waals surface area (Å²) in [4.78, 5) is 14.6. The molecule has 0 spiro atoms. The van der Waals surface area contributed by atoms with Gasteiger partial charge in [0.2, 0.25) is 5.91 Å². The first-order chi connectivity index (χ1) is 13.7. The maximum absolute atomic E-state index is 12.1. The molecule has 1 amide bonds. The largest absolute Gasteiger partial charge is 0.381 e. The number of nitrogens with zero attached hydrogens (tertiary/aromatic N) is 1. The van der Waals surface area contributed by atoms with Crippen LogP contribution >= 0.6 is 0 Å². The molecule has 4 heteroatoms. The second-order valence-corrected chi connectivity index (χ2v) is 7.59. The molecule has 0 fully saturated rings. The molecule has 28 heavy (non-hydrogen) atoms. The van der Waals surface area contributed by atoms with Gasteiger partial charge in [0.25, 0.3) is 0 Å². The standard InChI is InChI=1S/C24H32N2O2/c1-20(26-15-13-22-10-5-6-11-23(22)19-26)18-25-24(27)12-7-16-28-17-14-21-8-3-2-4-9-21/h2-6,8-11,20H,7,12-19H2,1H3,(H,25,27). The van der Waals surface area contributed by atoms with Crippen molar-refractivity contribution >= 4 is 5.91 Å². The first-order valence-electron chi connectivity index (χ1n) is 10.4. The highest BCUT2D eigenvalue weighted by atomic mass is 16.5. The minimum absolute atomic E-state index is 0.121. The number of ether oxygens (including phenoxy) is 1. The second-order valence-electron chi connectivity index (χ2n) is 7.59. The van der Waals surface area contributed by atoms with Gasteiger partial charge < -0.3 is 10.1 Å². The molecule has 0 radical (unpaired) electrons. The predicted molar refractivity (Wildman–Crippen MR) is 113 cm³/mol. The van der Waals surface area contributed by atoms with Gasteiger partial charge in [0, 0.05) is 38.7 Å². The van der Waals surface area contributed by atoms with E-state index in [0.717, 1.165) is 32.4 Å². The number of hydrogen-bond acceptors (Lipinski definition) is 3. The van der Waals surface area contributed by atoms with Crippen LogP contribution in [0.5, 0.6) is 0 Å². The molecule has 2 aromatic carbocycles. The number of carbonyl (C=O) groups excluding carboxylic acids is 1. The lowest BCUT2D eigenvalue weighted by Crippen LogP contribution is -2.44. The molecule has 1 N–H and O–H groups in total. The van der Waals surface area contributed by atoms with E-state index in [2.05, 4.69) is 53.5 Å². The van der Waals surface area contributed by atoms with Crippen LogP contribution in [0.25, 0.3) is 0 Å². The van der Waals surface area contributed by atoms with E-state index in [9.17, 15) is 4.79 Å². The van der Waals surface area contributed by atoms with Gasteiger partial charge in [-0.1, -0.05) is 54.6 Å². The van der Waals surface area contributed by atoms with E-state index in [1.165, 1.54) is 16.7 Å². The van der Waals surface area contributed by atoms with Crippen molar-refractivity contribution in [3.05, 3.63) is 71.3 Å². The molecule has 0 aromatic heterocycles. The average Bonchev–Trinajstić information content (AvgIpc) is 2.74. The van der Waals surface area contributed by atoms with Crippen LogP contribution in [-0.4, -0.2) is 43.2 Å². The predicted octanol–water partition coefficient (Wildman–Crippen LogP) is 3.59. The monoisotopic (exact) mass is 380 g/mol. The topological polar surface area (TPSA) is 41.6 Å². The van der Waals surface area contributed by atoms with E-state index in [0.29, 0.717) is 32.2 Å². The minimum atomic E-state index is 0.121. The Hall–Kier alpha value is -2.17. The van der Waals surface area contributed by atoms with Gasteiger partial charge in [0.15, 0.2) is 0 Å². The molecule has 0 aliphatic carbocycles. The van der Waals surface area contributed by atoms with E-state index in [1.807, 2.05) is 18.2 Å². The van der Waals surface area contributed by atoms with Crippen LogP contribution in [0.2, 0.25) is 0 Å². The minimum Gasteiger partial charge on any atom is -0.381 e. The third kappa shape index (κ3) is 6.47. The quantitative estimate of drug-likeness (QED) is 0.641. The molecule has 1 unspecified atom stereocenters. The zero-order valence-electron chi connectivity index (χ0n) is 16.9. The van der Waals surface area contributed by atoms with Crippen LogP contribution in [0.4, 0.5) is 0 Å². The summed E-state index contributed by atoms with van der Waals surface area (Å²) >= 11 is 0. The highest BCUT2D eigenvalue weighted by Crippen LogP contribution is 2.19. The number of rotatable bonds is 10. The molecule has 4 nitrogen and oxygen atoms in total. The molecule has 150 valence electrons. The summed E-state index contributed by atoms with van der Waals surface area (Å²) in [5.74, 6) is 0.121. The smallest absolute Gasteiger partial charge is 0.220 e. The normalized spacial score (nSPS) is 15.0. The molecule has 2 aromatic rings. The SMILES string of the molecule is CC(CNC(=O)CCCOCCc1ccccc1)N1CCc2ccccc2C1. The number of fused-ring (bicyclic) bond motifs is 1. The Bertz CT molecular complexity index is 732. The maximum atomic E-state index is 12.1. The fourth-order valence-corrected chi connectivity index (χ4v) is 3.64.